The van der Waals surface area contributed by atoms with Crippen LogP contribution in [0.3, 0.4) is 0 Å². The van der Waals surface area contributed by atoms with Crippen molar-refractivity contribution in [3.63, 3.8) is 0 Å². The number of hydrogen-bond donors (Lipinski definition) is 1. The van der Waals surface area contributed by atoms with Gasteiger partial charge in [-0.1, -0.05) is 29.8 Å². The number of esters is 1. The Kier molecular flexibility index (Phi) is 6.06. The molecule has 0 aliphatic heterocycles. The van der Waals surface area contributed by atoms with Gasteiger partial charge in [0.25, 0.3) is 11.6 Å². The van der Waals surface area contributed by atoms with Gasteiger partial charge in [0.05, 0.1) is 11.3 Å². The number of amides is 1. The summed E-state index contributed by atoms with van der Waals surface area (Å²) < 4.78 is 4.94. The standard InChI is InChI=1S/C19H20N2O5/c1-12-4-6-15(7-5-12)10-19(23)26-11-18(22)20-16-8-13(2)14(3)9-17(16)21(24)25/h4-9H,10-11H2,1-3H3,(H,20,22). The van der Waals surface area contributed by atoms with E-state index in [0.717, 1.165) is 22.3 Å². The smallest absolute Gasteiger partial charge is 0.310 e. The number of anilines is 1. The van der Waals surface area contributed by atoms with E-state index in [0.29, 0.717) is 0 Å². The Hall–Kier alpha value is -3.22. The number of nitro benzene ring substituents is 1. The Morgan fingerprint density at radius 1 is 1.08 bits per heavy atom. The zero-order valence-corrected chi connectivity index (χ0v) is 14.9. The Bertz CT molecular complexity index is 844. The highest BCUT2D eigenvalue weighted by molar-refractivity contribution is 5.95. The van der Waals surface area contributed by atoms with Gasteiger partial charge in [0.2, 0.25) is 0 Å². The van der Waals surface area contributed by atoms with Gasteiger partial charge in [0, 0.05) is 6.07 Å². The molecule has 7 nitrogen and oxygen atoms in total. The molecule has 0 radical (unpaired) electrons. The van der Waals surface area contributed by atoms with E-state index in [1.807, 2.05) is 31.2 Å². The predicted molar refractivity (Wildman–Crippen MR) is 97.0 cm³/mol. The van der Waals surface area contributed by atoms with Crippen molar-refractivity contribution in [3.05, 3.63) is 68.8 Å². The van der Waals surface area contributed by atoms with Crippen molar-refractivity contribution < 1.29 is 19.2 Å². The fraction of sp³-hybridized carbons (Fsp3) is 0.263. The summed E-state index contributed by atoms with van der Waals surface area (Å²) in [6.45, 7) is 4.98. The molecule has 0 saturated heterocycles. The zero-order chi connectivity index (χ0) is 19.3. The molecular weight excluding hydrogens is 336 g/mol. The Morgan fingerprint density at radius 2 is 1.69 bits per heavy atom. The van der Waals surface area contributed by atoms with Crippen LogP contribution in [0.2, 0.25) is 0 Å². The Balaban J connectivity index is 1.94. The molecule has 2 aromatic rings. The van der Waals surface area contributed by atoms with Crippen LogP contribution >= 0.6 is 0 Å². The molecule has 0 fully saturated rings. The SMILES string of the molecule is Cc1ccc(CC(=O)OCC(=O)Nc2cc(C)c(C)cc2[N+](=O)[O-])cc1. The average molecular weight is 356 g/mol. The number of aryl methyl sites for hydroxylation is 3. The van der Waals surface area contributed by atoms with Crippen molar-refractivity contribution in [1.82, 2.24) is 0 Å². The van der Waals surface area contributed by atoms with E-state index in [2.05, 4.69) is 5.32 Å². The fourth-order valence-corrected chi connectivity index (χ4v) is 2.31. The normalized spacial score (nSPS) is 10.3. The van der Waals surface area contributed by atoms with Crippen molar-refractivity contribution in [2.45, 2.75) is 27.2 Å². The second-order valence-corrected chi connectivity index (χ2v) is 6.08. The quantitative estimate of drug-likeness (QED) is 0.487. The number of hydrogen-bond acceptors (Lipinski definition) is 5. The van der Waals surface area contributed by atoms with Gasteiger partial charge >= 0.3 is 5.97 Å². The Labute approximate surface area is 151 Å². The van der Waals surface area contributed by atoms with Crippen LogP contribution in [0, 0.1) is 30.9 Å². The number of carbonyl (C=O) groups excluding carboxylic acids is 2. The van der Waals surface area contributed by atoms with Gasteiger partial charge in [-0.25, -0.2) is 0 Å². The van der Waals surface area contributed by atoms with Gasteiger partial charge in [-0.2, -0.15) is 0 Å². The highest BCUT2D eigenvalue weighted by Crippen LogP contribution is 2.27. The second-order valence-electron chi connectivity index (χ2n) is 6.08. The number of ether oxygens (including phenoxy) is 1. The van der Waals surface area contributed by atoms with Crippen LogP contribution in [0.5, 0.6) is 0 Å². The molecule has 0 aliphatic rings. The maximum Gasteiger partial charge on any atom is 0.310 e. The van der Waals surface area contributed by atoms with E-state index in [1.54, 1.807) is 13.8 Å². The van der Waals surface area contributed by atoms with E-state index in [1.165, 1.54) is 12.1 Å². The molecule has 0 unspecified atom stereocenters. The number of benzene rings is 2. The lowest BCUT2D eigenvalue weighted by Gasteiger charge is -2.09. The number of nitrogens with one attached hydrogen (secondary N) is 1. The molecule has 2 rings (SSSR count). The summed E-state index contributed by atoms with van der Waals surface area (Å²) in [6, 6.07) is 10.3. The van der Waals surface area contributed by atoms with Gasteiger partial charge in [-0.15, -0.1) is 0 Å². The molecule has 0 aliphatic carbocycles. The summed E-state index contributed by atoms with van der Waals surface area (Å²) in [7, 11) is 0. The van der Waals surface area contributed by atoms with Crippen LogP contribution in [0.25, 0.3) is 0 Å². The number of nitro groups is 1. The third-order valence-corrected chi connectivity index (χ3v) is 3.92. The van der Waals surface area contributed by atoms with Crippen molar-refractivity contribution in [3.8, 4) is 0 Å². The Morgan fingerprint density at radius 3 is 2.31 bits per heavy atom. The molecule has 1 N–H and O–H groups in total. The van der Waals surface area contributed by atoms with Crippen molar-refractivity contribution in [2.75, 3.05) is 11.9 Å². The lowest BCUT2D eigenvalue weighted by molar-refractivity contribution is -0.384. The molecule has 0 heterocycles. The molecule has 0 atom stereocenters. The summed E-state index contributed by atoms with van der Waals surface area (Å²) in [6.07, 6.45) is 0.0529. The van der Waals surface area contributed by atoms with Gasteiger partial charge in [-0.3, -0.25) is 19.7 Å². The summed E-state index contributed by atoms with van der Waals surface area (Å²) in [4.78, 5) is 34.4. The van der Waals surface area contributed by atoms with Crippen LogP contribution in [0.1, 0.15) is 22.3 Å². The maximum atomic E-state index is 12.0. The molecule has 7 heteroatoms. The topological polar surface area (TPSA) is 98.5 Å². The van der Waals surface area contributed by atoms with Gasteiger partial charge in [0.15, 0.2) is 6.61 Å². The van der Waals surface area contributed by atoms with Crippen LogP contribution < -0.4 is 5.32 Å². The molecule has 0 bridgehead atoms. The number of nitrogens with zero attached hydrogens (tertiary/aromatic N) is 1. The summed E-state index contributed by atoms with van der Waals surface area (Å²) in [5.74, 6) is -1.17. The lowest BCUT2D eigenvalue weighted by Crippen LogP contribution is -2.22. The molecule has 1 amide bonds. The monoisotopic (exact) mass is 356 g/mol. The van der Waals surface area contributed by atoms with Gasteiger partial charge in [0.1, 0.15) is 5.69 Å². The minimum Gasteiger partial charge on any atom is -0.455 e. The molecule has 136 valence electrons. The zero-order valence-electron chi connectivity index (χ0n) is 14.9. The minimum atomic E-state index is -0.631. The van der Waals surface area contributed by atoms with Crippen molar-refractivity contribution in [2.24, 2.45) is 0 Å². The van der Waals surface area contributed by atoms with E-state index < -0.39 is 23.4 Å². The molecule has 0 spiro atoms. The van der Waals surface area contributed by atoms with Gasteiger partial charge in [-0.05, 0) is 43.5 Å². The molecule has 0 aromatic heterocycles. The highest BCUT2D eigenvalue weighted by Gasteiger charge is 2.18. The third kappa shape index (κ3) is 5.14. The average Bonchev–Trinajstić information content (AvgIpc) is 2.58. The van der Waals surface area contributed by atoms with E-state index in [9.17, 15) is 19.7 Å². The lowest BCUT2D eigenvalue weighted by atomic mass is 10.1. The van der Waals surface area contributed by atoms with Crippen molar-refractivity contribution in [1.29, 1.82) is 0 Å². The summed E-state index contributed by atoms with van der Waals surface area (Å²) >= 11 is 0. The summed E-state index contributed by atoms with van der Waals surface area (Å²) in [5.41, 5.74) is 3.30. The van der Waals surface area contributed by atoms with Crippen LogP contribution in [-0.2, 0) is 20.7 Å². The summed E-state index contributed by atoms with van der Waals surface area (Å²) in [5, 5.41) is 13.6. The van der Waals surface area contributed by atoms with Crippen LogP contribution in [0.15, 0.2) is 36.4 Å². The number of rotatable bonds is 6. The first kappa shape index (κ1) is 19.1. The first-order chi connectivity index (χ1) is 12.3. The maximum absolute atomic E-state index is 12.0. The third-order valence-electron chi connectivity index (χ3n) is 3.92. The highest BCUT2D eigenvalue weighted by atomic mass is 16.6. The largest absolute Gasteiger partial charge is 0.455 e. The minimum absolute atomic E-state index is 0.0529. The van der Waals surface area contributed by atoms with E-state index >= 15 is 0 Å². The first-order valence-electron chi connectivity index (χ1n) is 8.03. The molecule has 0 saturated carbocycles. The van der Waals surface area contributed by atoms with Gasteiger partial charge < -0.3 is 10.1 Å². The van der Waals surface area contributed by atoms with Crippen molar-refractivity contribution >= 4 is 23.3 Å². The van der Waals surface area contributed by atoms with Crippen LogP contribution in [-0.4, -0.2) is 23.4 Å². The predicted octanol–water partition coefficient (Wildman–Crippen LogP) is 3.24. The number of carbonyl (C=O) groups is 2. The fourth-order valence-electron chi connectivity index (χ4n) is 2.31. The molecule has 26 heavy (non-hydrogen) atoms. The van der Waals surface area contributed by atoms with E-state index in [-0.39, 0.29) is 17.8 Å². The van der Waals surface area contributed by atoms with E-state index in [4.69, 9.17) is 4.74 Å². The first-order valence-corrected chi connectivity index (χ1v) is 8.03. The van der Waals surface area contributed by atoms with Crippen LogP contribution in [0.4, 0.5) is 11.4 Å². The second kappa shape index (κ2) is 8.24. The molecule has 2 aromatic carbocycles. The molecular formula is C19H20N2O5.